The summed E-state index contributed by atoms with van der Waals surface area (Å²) in [5.74, 6) is 0. The molecule has 1 atom stereocenters. The van der Waals surface area contributed by atoms with Crippen LogP contribution in [-0.2, 0) is 10.0 Å². The van der Waals surface area contributed by atoms with Crippen LogP contribution in [0.1, 0.15) is 18.9 Å². The second kappa shape index (κ2) is 5.88. The Morgan fingerprint density at radius 1 is 1.50 bits per heavy atom. The molecule has 1 unspecified atom stereocenters. The highest BCUT2D eigenvalue weighted by Gasteiger charge is 2.18. The van der Waals surface area contributed by atoms with E-state index in [-0.39, 0.29) is 16.5 Å². The van der Waals surface area contributed by atoms with E-state index in [1.165, 1.54) is 12.1 Å². The number of sulfonamides is 1. The van der Waals surface area contributed by atoms with Crippen LogP contribution in [0.3, 0.4) is 0 Å². The van der Waals surface area contributed by atoms with Gasteiger partial charge in [0, 0.05) is 12.2 Å². The SMILES string of the molecule is Cc1cc(Cl)c(S(=O)(=O)NCCC(C)O)cc1N. The molecule has 0 aliphatic carbocycles. The number of benzene rings is 1. The summed E-state index contributed by atoms with van der Waals surface area (Å²) in [6.45, 7) is 3.48. The summed E-state index contributed by atoms with van der Waals surface area (Å²) in [6, 6.07) is 2.85. The van der Waals surface area contributed by atoms with Gasteiger partial charge < -0.3 is 10.8 Å². The number of nitrogens with two attached hydrogens (primary N) is 1. The monoisotopic (exact) mass is 292 g/mol. The molecule has 0 aliphatic rings. The van der Waals surface area contributed by atoms with E-state index in [9.17, 15) is 8.42 Å². The molecule has 0 amide bonds. The van der Waals surface area contributed by atoms with Crippen molar-refractivity contribution in [1.82, 2.24) is 4.72 Å². The van der Waals surface area contributed by atoms with Crippen LogP contribution < -0.4 is 10.5 Å². The Morgan fingerprint density at radius 2 is 2.11 bits per heavy atom. The molecule has 18 heavy (non-hydrogen) atoms. The summed E-state index contributed by atoms with van der Waals surface area (Å²) >= 11 is 5.90. The lowest BCUT2D eigenvalue weighted by Crippen LogP contribution is -2.27. The van der Waals surface area contributed by atoms with E-state index in [1.54, 1.807) is 13.8 Å². The average molecular weight is 293 g/mol. The Morgan fingerprint density at radius 3 is 2.67 bits per heavy atom. The van der Waals surface area contributed by atoms with Gasteiger partial charge in [-0.2, -0.15) is 0 Å². The zero-order chi connectivity index (χ0) is 13.9. The fourth-order valence-corrected chi connectivity index (χ4v) is 3.02. The Kier molecular flexibility index (Phi) is 4.98. The number of hydrogen-bond acceptors (Lipinski definition) is 4. The van der Waals surface area contributed by atoms with Gasteiger partial charge in [-0.05, 0) is 38.0 Å². The van der Waals surface area contributed by atoms with Crippen LogP contribution >= 0.6 is 11.6 Å². The van der Waals surface area contributed by atoms with Crippen molar-refractivity contribution in [3.63, 3.8) is 0 Å². The molecule has 5 nitrogen and oxygen atoms in total. The first-order chi connectivity index (χ1) is 8.24. The molecule has 0 aromatic heterocycles. The van der Waals surface area contributed by atoms with Crippen molar-refractivity contribution < 1.29 is 13.5 Å². The predicted molar refractivity (Wildman–Crippen MR) is 72.1 cm³/mol. The second-order valence-corrected chi connectivity index (χ2v) is 6.32. The van der Waals surface area contributed by atoms with Crippen molar-refractivity contribution in [2.24, 2.45) is 0 Å². The molecule has 1 aromatic carbocycles. The van der Waals surface area contributed by atoms with Crippen LogP contribution in [-0.4, -0.2) is 26.2 Å². The van der Waals surface area contributed by atoms with E-state index in [1.807, 2.05) is 0 Å². The summed E-state index contributed by atoms with van der Waals surface area (Å²) < 4.78 is 26.3. The second-order valence-electron chi connectivity index (χ2n) is 4.17. The van der Waals surface area contributed by atoms with Crippen molar-refractivity contribution in [3.05, 3.63) is 22.7 Å². The zero-order valence-corrected chi connectivity index (χ0v) is 11.8. The van der Waals surface area contributed by atoms with Crippen LogP contribution in [0.15, 0.2) is 17.0 Å². The molecular weight excluding hydrogens is 276 g/mol. The van der Waals surface area contributed by atoms with Gasteiger partial charge in [0.2, 0.25) is 10.0 Å². The van der Waals surface area contributed by atoms with Gasteiger partial charge in [-0.25, -0.2) is 13.1 Å². The highest BCUT2D eigenvalue weighted by molar-refractivity contribution is 7.89. The molecule has 0 heterocycles. The minimum atomic E-state index is -3.70. The number of aliphatic hydroxyl groups excluding tert-OH is 1. The van der Waals surface area contributed by atoms with Gasteiger partial charge >= 0.3 is 0 Å². The van der Waals surface area contributed by atoms with E-state index >= 15 is 0 Å². The number of nitrogen functional groups attached to an aromatic ring is 1. The van der Waals surface area contributed by atoms with Crippen LogP contribution in [0, 0.1) is 6.92 Å². The fourth-order valence-electron chi connectivity index (χ4n) is 1.35. The average Bonchev–Trinajstić information content (AvgIpc) is 2.22. The maximum Gasteiger partial charge on any atom is 0.242 e. The number of aliphatic hydroxyl groups is 1. The third kappa shape index (κ3) is 3.84. The molecule has 0 radical (unpaired) electrons. The third-order valence-corrected chi connectivity index (χ3v) is 4.39. The standard InChI is InChI=1S/C11H17ClN2O3S/c1-7-5-9(12)11(6-10(7)13)18(16,17)14-4-3-8(2)15/h5-6,8,14-15H,3-4,13H2,1-2H3. The first-order valence-corrected chi connectivity index (χ1v) is 7.33. The summed E-state index contributed by atoms with van der Waals surface area (Å²) in [7, 11) is -3.70. The Balaban J connectivity index is 2.95. The maximum absolute atomic E-state index is 12.0. The highest BCUT2D eigenvalue weighted by Crippen LogP contribution is 2.26. The molecule has 4 N–H and O–H groups in total. The smallest absolute Gasteiger partial charge is 0.242 e. The van der Waals surface area contributed by atoms with Crippen LogP contribution in [0.25, 0.3) is 0 Å². The van der Waals surface area contributed by atoms with Crippen LogP contribution in [0.4, 0.5) is 5.69 Å². The molecule has 0 aliphatic heterocycles. The van der Waals surface area contributed by atoms with Crippen molar-refractivity contribution in [3.8, 4) is 0 Å². The number of aryl methyl sites for hydroxylation is 1. The Bertz CT molecular complexity index is 529. The third-order valence-electron chi connectivity index (χ3n) is 2.46. The van der Waals surface area contributed by atoms with Gasteiger partial charge in [0.25, 0.3) is 0 Å². The number of hydrogen-bond donors (Lipinski definition) is 3. The van der Waals surface area contributed by atoms with E-state index < -0.39 is 16.1 Å². The summed E-state index contributed by atoms with van der Waals surface area (Å²) in [5, 5.41) is 9.20. The quantitative estimate of drug-likeness (QED) is 0.713. The molecule has 0 saturated carbocycles. The zero-order valence-electron chi connectivity index (χ0n) is 10.3. The molecule has 0 bridgehead atoms. The van der Waals surface area contributed by atoms with E-state index in [0.29, 0.717) is 12.1 Å². The lowest BCUT2D eigenvalue weighted by Gasteiger charge is -2.11. The van der Waals surface area contributed by atoms with Crippen LogP contribution in [0.5, 0.6) is 0 Å². The molecule has 0 fully saturated rings. The molecule has 102 valence electrons. The minimum Gasteiger partial charge on any atom is -0.398 e. The van der Waals surface area contributed by atoms with Crippen molar-refractivity contribution in [2.45, 2.75) is 31.3 Å². The first kappa shape index (κ1) is 15.2. The van der Waals surface area contributed by atoms with Gasteiger partial charge in [0.15, 0.2) is 0 Å². The normalized spacial score (nSPS) is 13.6. The molecule has 0 spiro atoms. The number of rotatable bonds is 5. The molecule has 1 rings (SSSR count). The van der Waals surface area contributed by atoms with E-state index in [0.717, 1.165) is 5.56 Å². The van der Waals surface area contributed by atoms with Gasteiger partial charge in [-0.3, -0.25) is 0 Å². The Hall–Kier alpha value is -0.820. The van der Waals surface area contributed by atoms with Crippen molar-refractivity contribution in [1.29, 1.82) is 0 Å². The predicted octanol–water partition coefficient (Wildman–Crippen LogP) is 1.28. The van der Waals surface area contributed by atoms with Gasteiger partial charge in [-0.1, -0.05) is 11.6 Å². The minimum absolute atomic E-state index is 0.0436. The first-order valence-electron chi connectivity index (χ1n) is 5.47. The fraction of sp³-hybridized carbons (Fsp3) is 0.455. The van der Waals surface area contributed by atoms with Gasteiger partial charge in [0.05, 0.1) is 11.1 Å². The summed E-state index contributed by atoms with van der Waals surface area (Å²) in [4.78, 5) is -0.0436. The van der Waals surface area contributed by atoms with Crippen molar-refractivity contribution in [2.75, 3.05) is 12.3 Å². The van der Waals surface area contributed by atoms with Crippen LogP contribution in [0.2, 0.25) is 5.02 Å². The Labute approximate surface area is 112 Å². The van der Waals surface area contributed by atoms with E-state index in [4.69, 9.17) is 22.4 Å². The van der Waals surface area contributed by atoms with Gasteiger partial charge in [-0.15, -0.1) is 0 Å². The van der Waals surface area contributed by atoms with Crippen molar-refractivity contribution >= 4 is 27.3 Å². The lowest BCUT2D eigenvalue weighted by atomic mass is 10.2. The number of anilines is 1. The molecule has 7 heteroatoms. The summed E-state index contributed by atoms with van der Waals surface area (Å²) in [6.07, 6.45) is -0.232. The number of halogens is 1. The molecular formula is C11H17ClN2O3S. The highest BCUT2D eigenvalue weighted by atomic mass is 35.5. The summed E-state index contributed by atoms with van der Waals surface area (Å²) in [5.41, 5.74) is 6.77. The van der Waals surface area contributed by atoms with E-state index in [2.05, 4.69) is 4.72 Å². The lowest BCUT2D eigenvalue weighted by molar-refractivity contribution is 0.186. The number of nitrogens with one attached hydrogen (secondary N) is 1. The largest absolute Gasteiger partial charge is 0.398 e. The van der Waals surface area contributed by atoms with Gasteiger partial charge in [0.1, 0.15) is 4.90 Å². The maximum atomic E-state index is 12.0. The topological polar surface area (TPSA) is 92.4 Å². The molecule has 0 saturated heterocycles. The molecule has 1 aromatic rings.